The van der Waals surface area contributed by atoms with Gasteiger partial charge in [-0.05, 0) is 61.9 Å². The van der Waals surface area contributed by atoms with Crippen LogP contribution >= 0.6 is 0 Å². The third-order valence-electron chi connectivity index (χ3n) is 4.31. The molecule has 3 rings (SSSR count). The van der Waals surface area contributed by atoms with E-state index < -0.39 is 10.0 Å². The summed E-state index contributed by atoms with van der Waals surface area (Å²) in [4.78, 5) is 0.411. The predicted molar refractivity (Wildman–Crippen MR) is 79.3 cm³/mol. The molecule has 1 unspecified atom stereocenters. The Morgan fingerprint density at radius 2 is 2.00 bits per heavy atom. The molecule has 4 nitrogen and oxygen atoms in total. The molecule has 1 aromatic carbocycles. The zero-order valence-electron chi connectivity index (χ0n) is 11.7. The molecule has 1 fully saturated rings. The number of hydrogen-bond donors (Lipinski definition) is 2. The summed E-state index contributed by atoms with van der Waals surface area (Å²) in [6.45, 7) is 1.48. The molecule has 1 aliphatic carbocycles. The van der Waals surface area contributed by atoms with Gasteiger partial charge in [-0.1, -0.05) is 12.5 Å². The van der Waals surface area contributed by atoms with Gasteiger partial charge in [-0.3, -0.25) is 0 Å². The first kappa shape index (κ1) is 14.0. The largest absolute Gasteiger partial charge is 0.313 e. The van der Waals surface area contributed by atoms with E-state index in [4.69, 9.17) is 0 Å². The highest BCUT2D eigenvalue weighted by molar-refractivity contribution is 7.89. The Morgan fingerprint density at radius 1 is 1.15 bits per heavy atom. The molecule has 1 heterocycles. The Balaban J connectivity index is 1.68. The highest BCUT2D eigenvalue weighted by Crippen LogP contribution is 2.24. The number of nitrogens with one attached hydrogen (secondary N) is 2. The van der Waals surface area contributed by atoms with E-state index in [0.717, 1.165) is 32.2 Å². The molecule has 0 bridgehead atoms. The molecule has 110 valence electrons. The van der Waals surface area contributed by atoms with Crippen molar-refractivity contribution in [2.75, 3.05) is 13.1 Å². The van der Waals surface area contributed by atoms with E-state index in [1.54, 1.807) is 6.07 Å². The molecule has 1 atom stereocenters. The summed E-state index contributed by atoms with van der Waals surface area (Å²) in [6, 6.07) is 5.82. The Labute approximate surface area is 121 Å². The molecule has 1 aliphatic heterocycles. The molecule has 0 aromatic heterocycles. The Hall–Kier alpha value is -0.910. The van der Waals surface area contributed by atoms with Gasteiger partial charge in [0.25, 0.3) is 0 Å². The van der Waals surface area contributed by atoms with Crippen LogP contribution in [0.4, 0.5) is 0 Å². The van der Waals surface area contributed by atoms with E-state index in [-0.39, 0.29) is 6.04 Å². The lowest BCUT2D eigenvalue weighted by Gasteiger charge is -2.23. The van der Waals surface area contributed by atoms with Crippen LogP contribution in [0, 0.1) is 0 Å². The molecule has 0 spiro atoms. The summed E-state index contributed by atoms with van der Waals surface area (Å²) in [5.41, 5.74) is 2.50. The highest BCUT2D eigenvalue weighted by Gasteiger charge is 2.20. The van der Waals surface area contributed by atoms with Crippen molar-refractivity contribution < 1.29 is 8.42 Å². The van der Waals surface area contributed by atoms with E-state index in [1.807, 2.05) is 12.1 Å². The zero-order valence-corrected chi connectivity index (χ0v) is 12.5. The first-order valence-electron chi connectivity index (χ1n) is 7.50. The lowest BCUT2D eigenvalue weighted by atomic mass is 10.1. The van der Waals surface area contributed by atoms with E-state index in [0.29, 0.717) is 11.4 Å². The van der Waals surface area contributed by atoms with Gasteiger partial charge in [-0.15, -0.1) is 0 Å². The Kier molecular flexibility index (Phi) is 4.10. The Morgan fingerprint density at radius 3 is 2.80 bits per heavy atom. The quantitative estimate of drug-likeness (QED) is 0.887. The van der Waals surface area contributed by atoms with Crippen LogP contribution in [0.1, 0.15) is 36.8 Å². The van der Waals surface area contributed by atoms with Gasteiger partial charge in [0.05, 0.1) is 4.90 Å². The summed E-state index contributed by atoms with van der Waals surface area (Å²) in [6.07, 6.45) is 6.63. The van der Waals surface area contributed by atoms with Gasteiger partial charge in [-0.2, -0.15) is 0 Å². The molecule has 0 radical (unpaired) electrons. The summed E-state index contributed by atoms with van der Waals surface area (Å²) in [5, 5.41) is 3.36. The van der Waals surface area contributed by atoms with Gasteiger partial charge in [0.2, 0.25) is 10.0 Å². The average Bonchev–Trinajstić information content (AvgIpc) is 2.94. The molecule has 20 heavy (non-hydrogen) atoms. The lowest BCUT2D eigenvalue weighted by molar-refractivity contribution is 0.398. The minimum Gasteiger partial charge on any atom is -0.313 e. The second kappa shape index (κ2) is 5.84. The smallest absolute Gasteiger partial charge is 0.240 e. The van der Waals surface area contributed by atoms with Crippen molar-refractivity contribution in [3.63, 3.8) is 0 Å². The van der Waals surface area contributed by atoms with Crippen LogP contribution in [-0.4, -0.2) is 27.5 Å². The summed E-state index contributed by atoms with van der Waals surface area (Å²) in [5.74, 6) is 0. The second-order valence-electron chi connectivity index (χ2n) is 5.78. The third-order valence-corrected chi connectivity index (χ3v) is 5.73. The van der Waals surface area contributed by atoms with Crippen molar-refractivity contribution in [1.82, 2.24) is 10.0 Å². The number of rotatable bonds is 4. The van der Waals surface area contributed by atoms with E-state index in [1.165, 1.54) is 24.0 Å². The van der Waals surface area contributed by atoms with Crippen LogP contribution in [0.3, 0.4) is 0 Å². The molecular formula is C15H22N2O2S. The summed E-state index contributed by atoms with van der Waals surface area (Å²) in [7, 11) is -3.37. The molecule has 2 N–H and O–H groups in total. The van der Waals surface area contributed by atoms with Gasteiger partial charge in [0.1, 0.15) is 0 Å². The SMILES string of the molecule is O=S(=O)(NCC1CCCCN1)c1ccc2c(c1)CCC2. The van der Waals surface area contributed by atoms with Crippen molar-refractivity contribution in [2.24, 2.45) is 0 Å². The molecular weight excluding hydrogens is 272 g/mol. The third kappa shape index (κ3) is 3.05. The van der Waals surface area contributed by atoms with Crippen LogP contribution < -0.4 is 10.0 Å². The van der Waals surface area contributed by atoms with Crippen molar-refractivity contribution >= 4 is 10.0 Å². The van der Waals surface area contributed by atoms with Crippen molar-refractivity contribution in [1.29, 1.82) is 0 Å². The number of aryl methyl sites for hydroxylation is 2. The van der Waals surface area contributed by atoms with Crippen molar-refractivity contribution in [2.45, 2.75) is 49.5 Å². The minimum atomic E-state index is -3.37. The molecule has 1 saturated heterocycles. The van der Waals surface area contributed by atoms with Gasteiger partial charge in [0, 0.05) is 12.6 Å². The normalized spacial score (nSPS) is 22.7. The second-order valence-corrected chi connectivity index (χ2v) is 7.55. The monoisotopic (exact) mass is 294 g/mol. The molecule has 5 heteroatoms. The number of piperidine rings is 1. The number of fused-ring (bicyclic) bond motifs is 1. The maximum atomic E-state index is 12.3. The molecule has 0 saturated carbocycles. The van der Waals surface area contributed by atoms with Crippen LogP contribution in [0.15, 0.2) is 23.1 Å². The average molecular weight is 294 g/mol. The number of hydrogen-bond acceptors (Lipinski definition) is 3. The van der Waals surface area contributed by atoms with Crippen LogP contribution in [-0.2, 0) is 22.9 Å². The standard InChI is InChI=1S/C15H22N2O2S/c18-20(19,17-11-14-6-1-2-9-16-14)15-8-7-12-4-3-5-13(12)10-15/h7-8,10,14,16-17H,1-6,9,11H2. The zero-order chi connectivity index (χ0) is 14.0. The highest BCUT2D eigenvalue weighted by atomic mass is 32.2. The van der Waals surface area contributed by atoms with Gasteiger partial charge < -0.3 is 5.32 Å². The van der Waals surface area contributed by atoms with Crippen molar-refractivity contribution in [3.8, 4) is 0 Å². The molecule has 0 amide bonds. The van der Waals surface area contributed by atoms with E-state index >= 15 is 0 Å². The van der Waals surface area contributed by atoms with Crippen LogP contribution in [0.5, 0.6) is 0 Å². The molecule has 2 aliphatic rings. The lowest BCUT2D eigenvalue weighted by Crippen LogP contribution is -2.43. The van der Waals surface area contributed by atoms with Gasteiger partial charge >= 0.3 is 0 Å². The fourth-order valence-corrected chi connectivity index (χ4v) is 4.24. The number of benzene rings is 1. The molecule has 1 aromatic rings. The Bertz CT molecular complexity index is 578. The maximum absolute atomic E-state index is 12.3. The van der Waals surface area contributed by atoms with Crippen LogP contribution in [0.25, 0.3) is 0 Å². The van der Waals surface area contributed by atoms with E-state index in [9.17, 15) is 8.42 Å². The fraction of sp³-hybridized carbons (Fsp3) is 0.600. The summed E-state index contributed by atoms with van der Waals surface area (Å²) >= 11 is 0. The summed E-state index contributed by atoms with van der Waals surface area (Å²) < 4.78 is 27.4. The first-order chi connectivity index (χ1) is 9.65. The first-order valence-corrected chi connectivity index (χ1v) is 8.98. The fourth-order valence-electron chi connectivity index (χ4n) is 3.11. The van der Waals surface area contributed by atoms with Gasteiger partial charge in [-0.25, -0.2) is 13.1 Å². The van der Waals surface area contributed by atoms with Gasteiger partial charge in [0.15, 0.2) is 0 Å². The van der Waals surface area contributed by atoms with Crippen LogP contribution in [0.2, 0.25) is 0 Å². The van der Waals surface area contributed by atoms with E-state index in [2.05, 4.69) is 10.0 Å². The van der Waals surface area contributed by atoms with Crippen molar-refractivity contribution in [3.05, 3.63) is 29.3 Å². The topological polar surface area (TPSA) is 58.2 Å². The minimum absolute atomic E-state index is 0.271. The predicted octanol–water partition coefficient (Wildman–Crippen LogP) is 1.60. The number of sulfonamides is 1. The maximum Gasteiger partial charge on any atom is 0.240 e.